The highest BCUT2D eigenvalue weighted by Gasteiger charge is 2.14. The van der Waals surface area contributed by atoms with Gasteiger partial charge in [0, 0.05) is 5.02 Å². The summed E-state index contributed by atoms with van der Waals surface area (Å²) in [6.45, 7) is 4.02. The van der Waals surface area contributed by atoms with Crippen LogP contribution in [0.15, 0.2) is 41.6 Å². The minimum atomic E-state index is -0.212. The van der Waals surface area contributed by atoms with Gasteiger partial charge in [0.1, 0.15) is 5.75 Å². The number of aromatic nitrogens is 4. The van der Waals surface area contributed by atoms with Crippen LogP contribution in [0.2, 0.25) is 5.02 Å². The van der Waals surface area contributed by atoms with Crippen molar-refractivity contribution in [1.29, 1.82) is 0 Å². The SMILES string of the molecule is COc1ccc(Cl)cc1NC(=O)CSc1nnnn1-c1ccc(C)cc1C. The maximum atomic E-state index is 12.3. The van der Waals surface area contributed by atoms with Crippen LogP contribution in [0, 0.1) is 13.8 Å². The van der Waals surface area contributed by atoms with E-state index in [-0.39, 0.29) is 11.7 Å². The third kappa shape index (κ3) is 4.58. The summed E-state index contributed by atoms with van der Waals surface area (Å²) in [4.78, 5) is 12.3. The molecule has 27 heavy (non-hydrogen) atoms. The predicted molar refractivity (Wildman–Crippen MR) is 106 cm³/mol. The summed E-state index contributed by atoms with van der Waals surface area (Å²) < 4.78 is 6.87. The lowest BCUT2D eigenvalue weighted by molar-refractivity contribution is -0.113. The Bertz CT molecular complexity index is 976. The highest BCUT2D eigenvalue weighted by Crippen LogP contribution is 2.28. The highest BCUT2D eigenvalue weighted by atomic mass is 35.5. The minimum Gasteiger partial charge on any atom is -0.495 e. The summed E-state index contributed by atoms with van der Waals surface area (Å²) in [5.74, 6) is 0.467. The first-order valence-corrected chi connectivity index (χ1v) is 9.46. The van der Waals surface area contributed by atoms with Gasteiger partial charge in [-0.15, -0.1) is 5.10 Å². The third-order valence-corrected chi connectivity index (χ3v) is 4.94. The van der Waals surface area contributed by atoms with Crippen molar-refractivity contribution in [3.05, 3.63) is 52.5 Å². The Balaban J connectivity index is 1.70. The Labute approximate surface area is 166 Å². The molecule has 0 unspecified atom stereocenters. The van der Waals surface area contributed by atoms with E-state index in [1.165, 1.54) is 18.9 Å². The largest absolute Gasteiger partial charge is 0.495 e. The number of hydrogen-bond acceptors (Lipinski definition) is 6. The summed E-state index contributed by atoms with van der Waals surface area (Å²) in [5, 5.41) is 15.6. The summed E-state index contributed by atoms with van der Waals surface area (Å²) in [5.41, 5.74) is 3.61. The first kappa shape index (κ1) is 19.2. The van der Waals surface area contributed by atoms with Crippen molar-refractivity contribution in [1.82, 2.24) is 20.2 Å². The van der Waals surface area contributed by atoms with Crippen molar-refractivity contribution in [2.45, 2.75) is 19.0 Å². The Morgan fingerprint density at radius 3 is 2.81 bits per heavy atom. The lowest BCUT2D eigenvalue weighted by atomic mass is 10.1. The second-order valence-electron chi connectivity index (χ2n) is 5.84. The van der Waals surface area contributed by atoms with E-state index in [0.717, 1.165) is 16.8 Å². The number of tetrazole rings is 1. The van der Waals surface area contributed by atoms with E-state index in [1.54, 1.807) is 22.9 Å². The maximum Gasteiger partial charge on any atom is 0.234 e. The number of amides is 1. The molecule has 0 aliphatic carbocycles. The van der Waals surface area contributed by atoms with Crippen molar-refractivity contribution in [3.63, 3.8) is 0 Å². The molecule has 1 N–H and O–H groups in total. The van der Waals surface area contributed by atoms with E-state index in [9.17, 15) is 4.79 Å². The topological polar surface area (TPSA) is 81.9 Å². The van der Waals surface area contributed by atoms with Crippen LogP contribution in [-0.2, 0) is 4.79 Å². The number of halogens is 1. The quantitative estimate of drug-likeness (QED) is 0.632. The van der Waals surface area contributed by atoms with E-state index < -0.39 is 0 Å². The number of carbonyl (C=O) groups excluding carboxylic acids is 1. The highest BCUT2D eigenvalue weighted by molar-refractivity contribution is 7.99. The molecule has 1 aromatic heterocycles. The van der Waals surface area contributed by atoms with Gasteiger partial charge in [-0.25, -0.2) is 0 Å². The molecular weight excluding hydrogens is 386 g/mol. The fraction of sp³-hybridized carbons (Fsp3) is 0.222. The second kappa shape index (κ2) is 8.41. The monoisotopic (exact) mass is 403 g/mol. The van der Waals surface area contributed by atoms with Crippen LogP contribution in [0.3, 0.4) is 0 Å². The first-order valence-electron chi connectivity index (χ1n) is 8.10. The van der Waals surface area contributed by atoms with Gasteiger partial charge >= 0.3 is 0 Å². The molecule has 2 aromatic carbocycles. The fourth-order valence-electron chi connectivity index (χ4n) is 2.56. The van der Waals surface area contributed by atoms with Crippen molar-refractivity contribution in [2.24, 2.45) is 0 Å². The standard InChI is InChI=1S/C18H18ClN5O2S/c1-11-4-6-15(12(2)8-11)24-18(21-22-23-24)27-10-17(25)20-14-9-13(19)5-7-16(14)26-3/h4-9H,10H2,1-3H3,(H,20,25). The van der Waals surface area contributed by atoms with Gasteiger partial charge in [-0.2, -0.15) is 4.68 Å². The molecule has 3 aromatic rings. The lowest BCUT2D eigenvalue weighted by Crippen LogP contribution is -2.15. The van der Waals surface area contributed by atoms with Crippen molar-refractivity contribution in [3.8, 4) is 11.4 Å². The van der Waals surface area contributed by atoms with Gasteiger partial charge in [0.25, 0.3) is 0 Å². The zero-order valence-corrected chi connectivity index (χ0v) is 16.6. The number of carbonyl (C=O) groups is 1. The average molecular weight is 404 g/mol. The Morgan fingerprint density at radius 1 is 1.26 bits per heavy atom. The van der Waals surface area contributed by atoms with Crippen LogP contribution in [-0.4, -0.2) is 39.0 Å². The molecule has 3 rings (SSSR count). The molecule has 0 fully saturated rings. The van der Waals surface area contributed by atoms with Gasteiger partial charge in [-0.3, -0.25) is 4.79 Å². The van der Waals surface area contributed by atoms with Crippen LogP contribution in [0.4, 0.5) is 5.69 Å². The molecular formula is C18H18ClN5O2S. The Kier molecular flexibility index (Phi) is 5.98. The number of thioether (sulfide) groups is 1. The maximum absolute atomic E-state index is 12.3. The third-order valence-electron chi connectivity index (χ3n) is 3.79. The number of aryl methyl sites for hydroxylation is 2. The number of nitrogens with zero attached hydrogens (tertiary/aromatic N) is 4. The molecule has 1 amide bonds. The van der Waals surface area contributed by atoms with E-state index >= 15 is 0 Å². The van der Waals surface area contributed by atoms with Crippen LogP contribution < -0.4 is 10.1 Å². The first-order chi connectivity index (χ1) is 13.0. The number of nitrogens with one attached hydrogen (secondary N) is 1. The van der Waals surface area contributed by atoms with Gasteiger partial charge in [-0.1, -0.05) is 41.1 Å². The Morgan fingerprint density at radius 2 is 2.07 bits per heavy atom. The van der Waals surface area contributed by atoms with Crippen LogP contribution in [0.25, 0.3) is 5.69 Å². The molecule has 9 heteroatoms. The van der Waals surface area contributed by atoms with Crippen LogP contribution >= 0.6 is 23.4 Å². The molecule has 0 bridgehead atoms. The fourth-order valence-corrected chi connectivity index (χ4v) is 3.41. The molecule has 0 aliphatic heterocycles. The Hall–Kier alpha value is -2.58. The molecule has 0 saturated carbocycles. The number of methoxy groups -OCH3 is 1. The van der Waals surface area contributed by atoms with E-state index in [2.05, 4.69) is 26.9 Å². The normalized spacial score (nSPS) is 10.7. The molecule has 0 saturated heterocycles. The molecule has 1 heterocycles. The van der Waals surface area contributed by atoms with Crippen molar-refractivity contribution in [2.75, 3.05) is 18.2 Å². The summed E-state index contributed by atoms with van der Waals surface area (Å²) >= 11 is 7.24. The smallest absolute Gasteiger partial charge is 0.234 e. The number of rotatable bonds is 6. The van der Waals surface area contributed by atoms with Gasteiger partial charge in [0.2, 0.25) is 11.1 Å². The van der Waals surface area contributed by atoms with Crippen LogP contribution in [0.5, 0.6) is 5.75 Å². The molecule has 7 nitrogen and oxygen atoms in total. The van der Waals surface area contributed by atoms with E-state index in [0.29, 0.717) is 21.6 Å². The molecule has 0 aliphatic rings. The molecule has 140 valence electrons. The van der Waals surface area contributed by atoms with Gasteiger partial charge in [0.15, 0.2) is 0 Å². The van der Waals surface area contributed by atoms with Gasteiger partial charge in [0.05, 0.1) is 24.2 Å². The predicted octanol–water partition coefficient (Wildman–Crippen LogP) is 3.67. The van der Waals surface area contributed by atoms with Gasteiger partial charge < -0.3 is 10.1 Å². The molecule has 0 radical (unpaired) electrons. The zero-order chi connectivity index (χ0) is 19.4. The van der Waals surface area contributed by atoms with Gasteiger partial charge in [-0.05, 0) is 54.1 Å². The minimum absolute atomic E-state index is 0.140. The lowest BCUT2D eigenvalue weighted by Gasteiger charge is -2.11. The summed E-state index contributed by atoms with van der Waals surface area (Å²) in [6, 6.07) is 11.1. The number of anilines is 1. The number of ether oxygens (including phenoxy) is 1. The van der Waals surface area contributed by atoms with E-state index in [4.69, 9.17) is 16.3 Å². The number of hydrogen-bond donors (Lipinski definition) is 1. The summed E-state index contributed by atoms with van der Waals surface area (Å²) in [6.07, 6.45) is 0. The second-order valence-corrected chi connectivity index (χ2v) is 7.22. The van der Waals surface area contributed by atoms with E-state index in [1.807, 2.05) is 26.0 Å². The van der Waals surface area contributed by atoms with Crippen molar-refractivity contribution < 1.29 is 9.53 Å². The van der Waals surface area contributed by atoms with Crippen molar-refractivity contribution >= 4 is 35.0 Å². The number of benzene rings is 2. The summed E-state index contributed by atoms with van der Waals surface area (Å²) in [7, 11) is 1.53. The molecule has 0 atom stereocenters. The zero-order valence-electron chi connectivity index (χ0n) is 15.1. The average Bonchev–Trinajstić information content (AvgIpc) is 3.08. The molecule has 0 spiro atoms. The van der Waals surface area contributed by atoms with Crippen LogP contribution in [0.1, 0.15) is 11.1 Å².